The number of rotatable bonds is 6. The first-order chi connectivity index (χ1) is 7.83. The number of nitrogens with zero attached hydrogens (tertiary/aromatic N) is 1. The van der Waals surface area contributed by atoms with Crippen LogP contribution in [0.2, 0.25) is 0 Å². The molecule has 2 nitrogen and oxygen atoms in total. The number of hydrogen-bond acceptors (Lipinski definition) is 2. The molecular weight excluding hydrogens is 196 g/mol. The summed E-state index contributed by atoms with van der Waals surface area (Å²) in [6.45, 7) is 8.57. The summed E-state index contributed by atoms with van der Waals surface area (Å²) in [4.78, 5) is 2.70. The third kappa shape index (κ3) is 3.46. The largest absolute Gasteiger partial charge is 0.314 e. The summed E-state index contributed by atoms with van der Waals surface area (Å²) >= 11 is 0. The average molecular weight is 224 g/mol. The maximum absolute atomic E-state index is 3.75. The van der Waals surface area contributed by atoms with Gasteiger partial charge in [-0.3, -0.25) is 0 Å². The Labute approximate surface area is 101 Å². The second-order valence-electron chi connectivity index (χ2n) is 5.63. The number of piperidine rings is 1. The van der Waals surface area contributed by atoms with Crippen molar-refractivity contribution in [1.82, 2.24) is 10.2 Å². The van der Waals surface area contributed by atoms with E-state index >= 15 is 0 Å². The van der Waals surface area contributed by atoms with Crippen molar-refractivity contribution >= 4 is 0 Å². The lowest BCUT2D eigenvalue weighted by atomic mass is 10.0. The van der Waals surface area contributed by atoms with Crippen LogP contribution >= 0.6 is 0 Å². The zero-order valence-corrected chi connectivity index (χ0v) is 11.0. The van der Waals surface area contributed by atoms with Gasteiger partial charge in [0, 0.05) is 12.1 Å². The summed E-state index contributed by atoms with van der Waals surface area (Å²) in [5, 5.41) is 3.75. The third-order valence-corrected chi connectivity index (χ3v) is 4.38. The Hall–Kier alpha value is -0.0800. The SMILES string of the molecule is CCC(CC)N1CCC(NCC2CC2)CC1. The van der Waals surface area contributed by atoms with Crippen LogP contribution in [0.1, 0.15) is 52.4 Å². The van der Waals surface area contributed by atoms with Crippen LogP contribution in [0.3, 0.4) is 0 Å². The van der Waals surface area contributed by atoms with Gasteiger partial charge in [-0.25, -0.2) is 0 Å². The van der Waals surface area contributed by atoms with Crippen molar-refractivity contribution in [3.05, 3.63) is 0 Å². The first-order valence-corrected chi connectivity index (χ1v) is 7.30. The summed E-state index contributed by atoms with van der Waals surface area (Å²) in [7, 11) is 0. The molecule has 0 aromatic rings. The molecule has 0 amide bonds. The Morgan fingerprint density at radius 2 is 1.69 bits per heavy atom. The normalized spacial score (nSPS) is 24.2. The Balaban J connectivity index is 1.64. The van der Waals surface area contributed by atoms with E-state index in [0.29, 0.717) is 0 Å². The molecule has 0 bridgehead atoms. The molecule has 1 aliphatic carbocycles. The highest BCUT2D eigenvalue weighted by molar-refractivity contribution is 4.83. The number of nitrogens with one attached hydrogen (secondary N) is 1. The van der Waals surface area contributed by atoms with E-state index in [4.69, 9.17) is 0 Å². The molecule has 0 aromatic heterocycles. The molecule has 0 radical (unpaired) electrons. The zero-order chi connectivity index (χ0) is 11.4. The van der Waals surface area contributed by atoms with Gasteiger partial charge in [0.05, 0.1) is 0 Å². The smallest absolute Gasteiger partial charge is 0.00915 e. The van der Waals surface area contributed by atoms with Crippen LogP contribution in [0.5, 0.6) is 0 Å². The first-order valence-electron chi connectivity index (χ1n) is 7.30. The zero-order valence-electron chi connectivity index (χ0n) is 11.0. The maximum Gasteiger partial charge on any atom is 0.00915 e. The average Bonchev–Trinajstić information content (AvgIpc) is 3.13. The van der Waals surface area contributed by atoms with Crippen molar-refractivity contribution in [3.8, 4) is 0 Å². The van der Waals surface area contributed by atoms with Gasteiger partial charge in [0.15, 0.2) is 0 Å². The molecule has 2 heteroatoms. The van der Waals surface area contributed by atoms with Crippen LogP contribution in [0.25, 0.3) is 0 Å². The minimum Gasteiger partial charge on any atom is -0.314 e. The minimum atomic E-state index is 0.811. The molecule has 2 rings (SSSR count). The van der Waals surface area contributed by atoms with Gasteiger partial charge in [0.1, 0.15) is 0 Å². The number of hydrogen-bond donors (Lipinski definition) is 1. The highest BCUT2D eigenvalue weighted by Gasteiger charge is 2.25. The Kier molecular flexibility index (Phi) is 4.66. The Bertz CT molecular complexity index is 189. The molecule has 1 saturated carbocycles. The van der Waals surface area contributed by atoms with Crippen molar-refractivity contribution in [2.45, 2.75) is 64.5 Å². The van der Waals surface area contributed by atoms with Gasteiger partial charge in [-0.2, -0.15) is 0 Å². The molecule has 2 fully saturated rings. The maximum atomic E-state index is 3.75. The van der Waals surface area contributed by atoms with E-state index in [1.54, 1.807) is 0 Å². The first kappa shape index (κ1) is 12.4. The van der Waals surface area contributed by atoms with Gasteiger partial charge in [-0.1, -0.05) is 13.8 Å². The highest BCUT2D eigenvalue weighted by Crippen LogP contribution is 2.28. The quantitative estimate of drug-likeness (QED) is 0.746. The third-order valence-electron chi connectivity index (χ3n) is 4.38. The number of likely N-dealkylation sites (tertiary alicyclic amines) is 1. The fraction of sp³-hybridized carbons (Fsp3) is 1.00. The van der Waals surface area contributed by atoms with Crippen LogP contribution in [0.15, 0.2) is 0 Å². The van der Waals surface area contributed by atoms with Gasteiger partial charge < -0.3 is 10.2 Å². The molecular formula is C14H28N2. The molecule has 16 heavy (non-hydrogen) atoms. The Morgan fingerprint density at radius 1 is 1.06 bits per heavy atom. The van der Waals surface area contributed by atoms with Crippen molar-refractivity contribution in [2.75, 3.05) is 19.6 Å². The van der Waals surface area contributed by atoms with Crippen LogP contribution in [0, 0.1) is 5.92 Å². The van der Waals surface area contributed by atoms with E-state index in [1.165, 1.54) is 58.2 Å². The molecule has 0 aromatic carbocycles. The van der Waals surface area contributed by atoms with Gasteiger partial charge in [-0.15, -0.1) is 0 Å². The summed E-state index contributed by atoms with van der Waals surface area (Å²) in [5.41, 5.74) is 0. The van der Waals surface area contributed by atoms with E-state index in [1.807, 2.05) is 0 Å². The summed E-state index contributed by atoms with van der Waals surface area (Å²) in [6.07, 6.45) is 8.30. The van der Waals surface area contributed by atoms with Gasteiger partial charge in [-0.05, 0) is 64.1 Å². The molecule has 2 aliphatic rings. The molecule has 1 N–H and O–H groups in total. The van der Waals surface area contributed by atoms with Crippen molar-refractivity contribution in [1.29, 1.82) is 0 Å². The van der Waals surface area contributed by atoms with Gasteiger partial charge in [0.25, 0.3) is 0 Å². The fourth-order valence-corrected chi connectivity index (χ4v) is 2.93. The van der Waals surface area contributed by atoms with Crippen molar-refractivity contribution in [3.63, 3.8) is 0 Å². The molecule has 1 heterocycles. The van der Waals surface area contributed by atoms with E-state index in [2.05, 4.69) is 24.1 Å². The lowest BCUT2D eigenvalue weighted by Crippen LogP contribution is -2.46. The molecule has 0 unspecified atom stereocenters. The lowest BCUT2D eigenvalue weighted by Gasteiger charge is -2.37. The topological polar surface area (TPSA) is 15.3 Å². The molecule has 0 atom stereocenters. The Morgan fingerprint density at radius 3 is 2.19 bits per heavy atom. The predicted molar refractivity (Wildman–Crippen MR) is 69.7 cm³/mol. The fourth-order valence-electron chi connectivity index (χ4n) is 2.93. The second-order valence-corrected chi connectivity index (χ2v) is 5.63. The van der Waals surface area contributed by atoms with Crippen LogP contribution in [-0.2, 0) is 0 Å². The van der Waals surface area contributed by atoms with Gasteiger partial charge in [0.2, 0.25) is 0 Å². The van der Waals surface area contributed by atoms with Crippen molar-refractivity contribution < 1.29 is 0 Å². The molecule has 1 aliphatic heterocycles. The minimum absolute atomic E-state index is 0.811. The van der Waals surface area contributed by atoms with Crippen molar-refractivity contribution in [2.24, 2.45) is 5.92 Å². The van der Waals surface area contributed by atoms with Gasteiger partial charge >= 0.3 is 0 Å². The van der Waals surface area contributed by atoms with E-state index in [0.717, 1.165) is 18.0 Å². The van der Waals surface area contributed by atoms with E-state index in [9.17, 15) is 0 Å². The second kappa shape index (κ2) is 6.02. The predicted octanol–water partition coefficient (Wildman–Crippen LogP) is 2.64. The summed E-state index contributed by atoms with van der Waals surface area (Å²) in [6, 6.07) is 1.65. The van der Waals surface area contributed by atoms with Crippen LogP contribution in [-0.4, -0.2) is 36.6 Å². The van der Waals surface area contributed by atoms with Crippen LogP contribution < -0.4 is 5.32 Å². The van der Waals surface area contributed by atoms with E-state index < -0.39 is 0 Å². The highest BCUT2D eigenvalue weighted by atomic mass is 15.2. The molecule has 0 spiro atoms. The monoisotopic (exact) mass is 224 g/mol. The summed E-state index contributed by atoms with van der Waals surface area (Å²) in [5.74, 6) is 1.03. The summed E-state index contributed by atoms with van der Waals surface area (Å²) < 4.78 is 0. The lowest BCUT2D eigenvalue weighted by molar-refractivity contribution is 0.136. The standard InChI is InChI=1S/C14H28N2/c1-3-14(4-2)16-9-7-13(8-10-16)15-11-12-5-6-12/h12-15H,3-11H2,1-2H3. The van der Waals surface area contributed by atoms with E-state index in [-0.39, 0.29) is 0 Å². The molecule has 94 valence electrons. The molecule has 1 saturated heterocycles. The van der Waals surface area contributed by atoms with Crippen LogP contribution in [0.4, 0.5) is 0 Å².